The Bertz CT molecular complexity index is 302. The van der Waals surface area contributed by atoms with E-state index < -0.39 is 0 Å². The van der Waals surface area contributed by atoms with Crippen LogP contribution in [0.2, 0.25) is 0 Å². The van der Waals surface area contributed by atoms with E-state index in [0.29, 0.717) is 18.6 Å². The summed E-state index contributed by atoms with van der Waals surface area (Å²) >= 11 is 0. The Balaban J connectivity index is 4.43. The van der Waals surface area contributed by atoms with Gasteiger partial charge in [0, 0.05) is 12.6 Å². The van der Waals surface area contributed by atoms with Crippen LogP contribution in [0.15, 0.2) is 0 Å². The molecule has 0 spiro atoms. The van der Waals surface area contributed by atoms with Crippen molar-refractivity contribution < 1.29 is 9.53 Å². The van der Waals surface area contributed by atoms with Crippen molar-refractivity contribution in [1.82, 2.24) is 4.90 Å². The Kier molecular flexibility index (Phi) is 10.8. The molecule has 0 amide bonds. The molecule has 0 rings (SSSR count). The van der Waals surface area contributed by atoms with Crippen molar-refractivity contribution >= 4 is 5.97 Å². The van der Waals surface area contributed by atoms with Crippen LogP contribution in [-0.2, 0) is 9.53 Å². The van der Waals surface area contributed by atoms with Crippen LogP contribution in [0.4, 0.5) is 0 Å². The van der Waals surface area contributed by atoms with Gasteiger partial charge in [0.1, 0.15) is 6.61 Å². The lowest BCUT2D eigenvalue weighted by Gasteiger charge is -2.32. The van der Waals surface area contributed by atoms with E-state index in [2.05, 4.69) is 53.4 Å². The molecule has 0 aromatic rings. The third-order valence-corrected chi connectivity index (χ3v) is 4.93. The molecule has 0 aliphatic heterocycles. The number of unbranched alkanes of at least 4 members (excludes halogenated alkanes) is 2. The van der Waals surface area contributed by atoms with Gasteiger partial charge in [-0.1, -0.05) is 47.0 Å². The molecule has 1 atom stereocenters. The second-order valence-corrected chi connectivity index (χ2v) is 7.29. The first-order valence-corrected chi connectivity index (χ1v) is 9.20. The van der Waals surface area contributed by atoms with E-state index in [1.807, 2.05) is 0 Å². The lowest BCUT2D eigenvalue weighted by molar-refractivity contribution is -0.159. The molecule has 0 heterocycles. The van der Waals surface area contributed by atoms with Crippen molar-refractivity contribution in [2.45, 2.75) is 86.6 Å². The lowest BCUT2D eigenvalue weighted by Crippen LogP contribution is -2.39. The van der Waals surface area contributed by atoms with Crippen LogP contribution in [0.25, 0.3) is 0 Å². The van der Waals surface area contributed by atoms with E-state index in [-0.39, 0.29) is 11.4 Å². The average molecular weight is 314 g/mol. The minimum atomic E-state index is -0.345. The van der Waals surface area contributed by atoms with Gasteiger partial charge in [-0.2, -0.15) is 0 Å². The molecule has 1 unspecified atom stereocenters. The van der Waals surface area contributed by atoms with Gasteiger partial charge in [0.2, 0.25) is 0 Å². The highest BCUT2D eigenvalue weighted by atomic mass is 16.5. The number of rotatable bonds is 12. The number of esters is 1. The molecule has 3 heteroatoms. The molecule has 132 valence electrons. The van der Waals surface area contributed by atoms with Crippen LogP contribution in [0.3, 0.4) is 0 Å². The molecule has 0 aliphatic carbocycles. The molecule has 0 saturated carbocycles. The lowest BCUT2D eigenvalue weighted by atomic mass is 9.75. The molecule has 0 fully saturated rings. The van der Waals surface area contributed by atoms with Crippen LogP contribution in [0, 0.1) is 11.3 Å². The first-order valence-electron chi connectivity index (χ1n) is 9.20. The van der Waals surface area contributed by atoms with Gasteiger partial charge < -0.3 is 4.74 Å². The van der Waals surface area contributed by atoms with Crippen LogP contribution in [-0.4, -0.2) is 36.6 Å². The summed E-state index contributed by atoms with van der Waals surface area (Å²) in [6.45, 7) is 17.5. The maximum absolute atomic E-state index is 12.5. The molecule has 3 nitrogen and oxygen atoms in total. The van der Waals surface area contributed by atoms with Crippen molar-refractivity contribution in [3.8, 4) is 0 Å². The minimum Gasteiger partial charge on any atom is -0.464 e. The fourth-order valence-corrected chi connectivity index (χ4v) is 2.58. The molecule has 22 heavy (non-hydrogen) atoms. The van der Waals surface area contributed by atoms with Crippen LogP contribution >= 0.6 is 0 Å². The number of hydrogen-bond donors (Lipinski definition) is 0. The predicted octanol–water partition coefficient (Wildman–Crippen LogP) is 4.89. The average Bonchev–Trinajstić information content (AvgIpc) is 2.47. The first kappa shape index (κ1) is 21.4. The molecular weight excluding hydrogens is 274 g/mol. The Morgan fingerprint density at radius 2 is 1.64 bits per heavy atom. The Labute approximate surface area is 138 Å². The van der Waals surface area contributed by atoms with Crippen LogP contribution < -0.4 is 0 Å². The summed E-state index contributed by atoms with van der Waals surface area (Å²) in [7, 11) is 0. The van der Waals surface area contributed by atoms with E-state index in [1.165, 1.54) is 12.8 Å². The topological polar surface area (TPSA) is 29.5 Å². The van der Waals surface area contributed by atoms with Gasteiger partial charge in [-0.25, -0.2) is 0 Å². The fourth-order valence-electron chi connectivity index (χ4n) is 2.58. The molecule has 0 aromatic heterocycles. The standard InChI is InChI=1S/C19H39NO2/c1-8-10-12-19(7,16(3)4)18(21)22-15-14-20(17(5)6)13-11-9-2/h16-17H,8-15H2,1-7H3. The molecule has 0 radical (unpaired) electrons. The van der Waals surface area contributed by atoms with Gasteiger partial charge in [0.25, 0.3) is 0 Å². The second-order valence-electron chi connectivity index (χ2n) is 7.29. The molecule has 0 aromatic carbocycles. The Morgan fingerprint density at radius 1 is 1.05 bits per heavy atom. The van der Waals surface area contributed by atoms with Gasteiger partial charge in [0.05, 0.1) is 5.41 Å². The summed E-state index contributed by atoms with van der Waals surface area (Å²) in [6.07, 6.45) is 5.52. The third-order valence-electron chi connectivity index (χ3n) is 4.93. The number of ether oxygens (including phenoxy) is 1. The summed E-state index contributed by atoms with van der Waals surface area (Å²) in [4.78, 5) is 14.9. The van der Waals surface area contributed by atoms with Crippen molar-refractivity contribution in [2.75, 3.05) is 19.7 Å². The molecule has 0 saturated heterocycles. The predicted molar refractivity (Wildman–Crippen MR) is 95.0 cm³/mol. The summed E-state index contributed by atoms with van der Waals surface area (Å²) < 4.78 is 5.65. The molecular formula is C19H39NO2. The molecule has 0 bridgehead atoms. The van der Waals surface area contributed by atoms with E-state index in [4.69, 9.17) is 4.74 Å². The van der Waals surface area contributed by atoms with E-state index in [9.17, 15) is 4.79 Å². The van der Waals surface area contributed by atoms with Gasteiger partial charge in [0.15, 0.2) is 0 Å². The van der Waals surface area contributed by atoms with Crippen molar-refractivity contribution in [3.05, 3.63) is 0 Å². The number of hydrogen-bond acceptors (Lipinski definition) is 3. The maximum atomic E-state index is 12.5. The number of carbonyl (C=O) groups excluding carboxylic acids is 1. The van der Waals surface area contributed by atoms with Crippen molar-refractivity contribution in [3.63, 3.8) is 0 Å². The monoisotopic (exact) mass is 313 g/mol. The maximum Gasteiger partial charge on any atom is 0.312 e. The zero-order valence-electron chi connectivity index (χ0n) is 16.1. The van der Waals surface area contributed by atoms with Gasteiger partial charge >= 0.3 is 5.97 Å². The normalized spacial score (nSPS) is 14.6. The zero-order valence-corrected chi connectivity index (χ0v) is 16.1. The molecule has 0 N–H and O–H groups in total. The largest absolute Gasteiger partial charge is 0.464 e. The highest BCUT2D eigenvalue weighted by Crippen LogP contribution is 2.34. The highest BCUT2D eigenvalue weighted by molar-refractivity contribution is 5.76. The zero-order chi connectivity index (χ0) is 17.2. The van der Waals surface area contributed by atoms with Gasteiger partial charge in [-0.3, -0.25) is 9.69 Å². The van der Waals surface area contributed by atoms with Crippen LogP contribution in [0.5, 0.6) is 0 Å². The minimum absolute atomic E-state index is 0.0184. The smallest absolute Gasteiger partial charge is 0.312 e. The first-order chi connectivity index (χ1) is 10.3. The molecule has 0 aliphatic rings. The van der Waals surface area contributed by atoms with Crippen LogP contribution in [0.1, 0.15) is 80.6 Å². The van der Waals surface area contributed by atoms with Gasteiger partial charge in [-0.05, 0) is 46.1 Å². The fraction of sp³-hybridized carbons (Fsp3) is 0.947. The SMILES string of the molecule is CCCCN(CCOC(=O)C(C)(CCCC)C(C)C)C(C)C. The summed E-state index contributed by atoms with van der Waals surface area (Å²) in [5.74, 6) is 0.294. The summed E-state index contributed by atoms with van der Waals surface area (Å²) in [6, 6.07) is 0.502. The van der Waals surface area contributed by atoms with Gasteiger partial charge in [-0.15, -0.1) is 0 Å². The van der Waals surface area contributed by atoms with E-state index in [0.717, 1.165) is 32.4 Å². The number of carbonyl (C=O) groups is 1. The summed E-state index contributed by atoms with van der Waals surface area (Å²) in [5.41, 5.74) is -0.345. The Hall–Kier alpha value is -0.570. The van der Waals surface area contributed by atoms with E-state index in [1.54, 1.807) is 0 Å². The Morgan fingerprint density at radius 3 is 2.09 bits per heavy atom. The highest BCUT2D eigenvalue weighted by Gasteiger charge is 2.37. The second kappa shape index (κ2) is 11.0. The quantitative estimate of drug-likeness (QED) is 0.480. The number of nitrogens with zero attached hydrogens (tertiary/aromatic N) is 1. The van der Waals surface area contributed by atoms with E-state index >= 15 is 0 Å². The van der Waals surface area contributed by atoms with Crippen molar-refractivity contribution in [2.24, 2.45) is 11.3 Å². The van der Waals surface area contributed by atoms with Crippen molar-refractivity contribution in [1.29, 1.82) is 0 Å². The summed E-state index contributed by atoms with van der Waals surface area (Å²) in [5, 5.41) is 0. The third kappa shape index (κ3) is 7.13.